The maximum Gasteiger partial charge on any atom is 0.237 e. The Morgan fingerprint density at radius 1 is 1.14 bits per heavy atom. The molecule has 5 rings (SSSR count). The Bertz CT molecular complexity index is 1270. The summed E-state index contributed by atoms with van der Waals surface area (Å²) in [7, 11) is 1.71. The quantitative estimate of drug-likeness (QED) is 0.402. The van der Waals surface area contributed by atoms with Gasteiger partial charge >= 0.3 is 0 Å². The van der Waals surface area contributed by atoms with Crippen LogP contribution in [0.15, 0.2) is 54.6 Å². The second-order valence-corrected chi connectivity index (χ2v) is 10.2. The Balaban J connectivity index is 1.25. The van der Waals surface area contributed by atoms with Crippen LogP contribution in [0.3, 0.4) is 0 Å². The van der Waals surface area contributed by atoms with Crippen LogP contribution in [-0.4, -0.2) is 30.7 Å². The molecule has 6 heteroatoms. The summed E-state index contributed by atoms with van der Waals surface area (Å²) in [6.45, 7) is 2.73. The van der Waals surface area contributed by atoms with Gasteiger partial charge in [0, 0.05) is 12.2 Å². The van der Waals surface area contributed by atoms with Crippen molar-refractivity contribution < 1.29 is 14.6 Å². The van der Waals surface area contributed by atoms with E-state index in [0.717, 1.165) is 60.4 Å². The average molecular weight is 486 g/mol. The number of anilines is 1. The third-order valence-electron chi connectivity index (χ3n) is 7.61. The van der Waals surface area contributed by atoms with Crippen LogP contribution < -0.4 is 21.1 Å². The van der Waals surface area contributed by atoms with Crippen LogP contribution in [0.25, 0.3) is 0 Å². The van der Waals surface area contributed by atoms with E-state index >= 15 is 0 Å². The summed E-state index contributed by atoms with van der Waals surface area (Å²) in [6.07, 6.45) is 4.41. The fourth-order valence-corrected chi connectivity index (χ4v) is 5.65. The number of phenols is 1. The van der Waals surface area contributed by atoms with E-state index in [2.05, 4.69) is 41.0 Å². The minimum absolute atomic E-state index is 0.0642. The van der Waals surface area contributed by atoms with Crippen molar-refractivity contribution in [3.8, 4) is 11.5 Å². The van der Waals surface area contributed by atoms with Gasteiger partial charge in [0.2, 0.25) is 5.91 Å². The van der Waals surface area contributed by atoms with Crippen LogP contribution in [-0.2, 0) is 30.5 Å². The van der Waals surface area contributed by atoms with Gasteiger partial charge in [-0.15, -0.1) is 0 Å². The van der Waals surface area contributed by atoms with Crippen LogP contribution in [0.4, 0.5) is 5.69 Å². The molecule has 0 saturated heterocycles. The third-order valence-corrected chi connectivity index (χ3v) is 7.61. The molecule has 1 heterocycles. The molecular weight excluding hydrogens is 450 g/mol. The third kappa shape index (κ3) is 5.19. The monoisotopic (exact) mass is 485 g/mol. The van der Waals surface area contributed by atoms with E-state index in [-0.39, 0.29) is 17.7 Å². The summed E-state index contributed by atoms with van der Waals surface area (Å²) in [4.78, 5) is 13.0. The van der Waals surface area contributed by atoms with E-state index in [4.69, 9.17) is 10.5 Å². The van der Waals surface area contributed by atoms with Crippen molar-refractivity contribution in [3.05, 3.63) is 88.0 Å². The Hall–Kier alpha value is -3.51. The van der Waals surface area contributed by atoms with Crippen molar-refractivity contribution in [2.45, 2.75) is 51.1 Å². The fraction of sp³-hybridized carbons (Fsp3) is 0.367. The zero-order chi connectivity index (χ0) is 25.2. The largest absolute Gasteiger partial charge is 0.508 e. The lowest BCUT2D eigenvalue weighted by atomic mass is 9.91. The number of amides is 1. The molecule has 0 bridgehead atoms. The van der Waals surface area contributed by atoms with Gasteiger partial charge in [0.1, 0.15) is 11.5 Å². The van der Waals surface area contributed by atoms with Crippen molar-refractivity contribution in [1.29, 1.82) is 0 Å². The molecule has 36 heavy (non-hydrogen) atoms. The van der Waals surface area contributed by atoms with E-state index in [9.17, 15) is 9.90 Å². The molecular formula is C30H35N3O3. The van der Waals surface area contributed by atoms with Crippen LogP contribution in [0, 0.1) is 12.8 Å². The standard InChI is InChI=1S/C30H35N3O3/c1-18-11-24(34)6-4-21(18)17-27(31)30(35)33-29-9-10-32-28-8-3-19(15-26(28)29)12-20-13-22-5-7-25(36-2)16-23(22)14-20/h3-8,11,15-16,20,27,29,32,34H,9-10,12-14,17,31H2,1-2H3,(H,33,35)/t20?,27-,29+/m0/s1. The molecule has 0 fully saturated rings. The van der Waals surface area contributed by atoms with Crippen molar-refractivity contribution in [3.63, 3.8) is 0 Å². The second-order valence-electron chi connectivity index (χ2n) is 10.2. The molecule has 0 aromatic heterocycles. The van der Waals surface area contributed by atoms with Gasteiger partial charge in [-0.3, -0.25) is 4.79 Å². The first-order valence-corrected chi connectivity index (χ1v) is 12.8. The summed E-state index contributed by atoms with van der Waals surface area (Å²) in [5.41, 5.74) is 14.5. The Morgan fingerprint density at radius 3 is 2.78 bits per heavy atom. The molecule has 0 saturated carbocycles. The number of hydrogen-bond donors (Lipinski definition) is 4. The minimum Gasteiger partial charge on any atom is -0.508 e. The predicted molar refractivity (Wildman–Crippen MR) is 143 cm³/mol. The van der Waals surface area contributed by atoms with Gasteiger partial charge in [0.25, 0.3) is 0 Å². The van der Waals surface area contributed by atoms with Crippen LogP contribution >= 0.6 is 0 Å². The van der Waals surface area contributed by atoms with Gasteiger partial charge in [-0.05, 0) is 109 Å². The number of aryl methyl sites for hydroxylation is 1. The number of nitrogens with two attached hydrogens (primary N) is 1. The molecule has 1 aliphatic carbocycles. The molecule has 1 aliphatic heterocycles. The molecule has 5 N–H and O–H groups in total. The highest BCUT2D eigenvalue weighted by Crippen LogP contribution is 2.35. The zero-order valence-electron chi connectivity index (χ0n) is 21.0. The fourth-order valence-electron chi connectivity index (χ4n) is 5.65. The summed E-state index contributed by atoms with van der Waals surface area (Å²) in [6, 6.07) is 17.5. The molecule has 6 nitrogen and oxygen atoms in total. The van der Waals surface area contributed by atoms with E-state index in [1.807, 2.05) is 19.1 Å². The number of methoxy groups -OCH3 is 1. The first-order valence-electron chi connectivity index (χ1n) is 12.8. The average Bonchev–Trinajstić information content (AvgIpc) is 3.27. The van der Waals surface area contributed by atoms with E-state index in [1.54, 1.807) is 19.2 Å². The first-order chi connectivity index (χ1) is 17.4. The second kappa shape index (κ2) is 10.2. The number of nitrogens with one attached hydrogen (secondary N) is 2. The summed E-state index contributed by atoms with van der Waals surface area (Å²) < 4.78 is 5.40. The van der Waals surface area contributed by atoms with Crippen molar-refractivity contribution in [1.82, 2.24) is 5.32 Å². The Labute approximate surface area is 212 Å². The van der Waals surface area contributed by atoms with Gasteiger partial charge in [0.15, 0.2) is 0 Å². The number of hydrogen-bond acceptors (Lipinski definition) is 5. The number of phenolic OH excluding ortho intramolecular Hbond substituents is 1. The number of ether oxygens (including phenoxy) is 1. The van der Waals surface area contributed by atoms with Crippen molar-refractivity contribution in [2.75, 3.05) is 19.0 Å². The maximum atomic E-state index is 13.0. The molecule has 1 unspecified atom stereocenters. The molecule has 0 spiro atoms. The lowest BCUT2D eigenvalue weighted by Gasteiger charge is -2.29. The van der Waals surface area contributed by atoms with Gasteiger partial charge in [-0.2, -0.15) is 0 Å². The van der Waals surface area contributed by atoms with Crippen LogP contribution in [0.1, 0.15) is 45.8 Å². The number of carbonyl (C=O) groups excluding carboxylic acids is 1. The van der Waals surface area contributed by atoms with Crippen LogP contribution in [0.2, 0.25) is 0 Å². The normalized spacial score (nSPS) is 19.1. The van der Waals surface area contributed by atoms with Crippen LogP contribution in [0.5, 0.6) is 11.5 Å². The summed E-state index contributed by atoms with van der Waals surface area (Å²) in [5.74, 6) is 1.56. The van der Waals surface area contributed by atoms with E-state index < -0.39 is 6.04 Å². The highest BCUT2D eigenvalue weighted by atomic mass is 16.5. The molecule has 3 aromatic carbocycles. The number of aromatic hydroxyl groups is 1. The highest BCUT2D eigenvalue weighted by molar-refractivity contribution is 5.82. The number of fused-ring (bicyclic) bond motifs is 2. The van der Waals surface area contributed by atoms with E-state index in [0.29, 0.717) is 12.3 Å². The lowest BCUT2D eigenvalue weighted by molar-refractivity contribution is -0.123. The van der Waals surface area contributed by atoms with Gasteiger partial charge in [-0.1, -0.05) is 24.3 Å². The minimum atomic E-state index is -0.649. The van der Waals surface area contributed by atoms with Crippen molar-refractivity contribution in [2.24, 2.45) is 11.7 Å². The van der Waals surface area contributed by atoms with E-state index in [1.165, 1.54) is 16.7 Å². The molecule has 0 radical (unpaired) electrons. The van der Waals surface area contributed by atoms with Crippen molar-refractivity contribution >= 4 is 11.6 Å². The predicted octanol–water partition coefficient (Wildman–Crippen LogP) is 4.21. The molecule has 2 aliphatic rings. The highest BCUT2D eigenvalue weighted by Gasteiger charge is 2.26. The molecule has 3 aromatic rings. The maximum absolute atomic E-state index is 13.0. The topological polar surface area (TPSA) is 96.6 Å². The first kappa shape index (κ1) is 24.2. The Kier molecular flexibility index (Phi) is 6.88. The summed E-state index contributed by atoms with van der Waals surface area (Å²) in [5, 5.41) is 16.3. The lowest BCUT2D eigenvalue weighted by Crippen LogP contribution is -2.44. The summed E-state index contributed by atoms with van der Waals surface area (Å²) >= 11 is 0. The number of carbonyl (C=O) groups is 1. The molecule has 188 valence electrons. The van der Waals surface area contributed by atoms with Gasteiger partial charge < -0.3 is 26.2 Å². The zero-order valence-corrected chi connectivity index (χ0v) is 21.0. The number of benzene rings is 3. The molecule has 1 amide bonds. The van der Waals surface area contributed by atoms with Gasteiger partial charge in [0.05, 0.1) is 19.2 Å². The van der Waals surface area contributed by atoms with Gasteiger partial charge in [-0.25, -0.2) is 0 Å². The number of rotatable bonds is 7. The molecule has 3 atom stereocenters. The smallest absolute Gasteiger partial charge is 0.237 e. The SMILES string of the molecule is COc1ccc2c(c1)CC(Cc1ccc3c(c1)[C@H](NC(=O)[C@@H](N)Cc1ccc(O)cc1C)CCN3)C2. The Morgan fingerprint density at radius 2 is 1.97 bits per heavy atom.